The summed E-state index contributed by atoms with van der Waals surface area (Å²) in [6.45, 7) is 4.37. The van der Waals surface area contributed by atoms with Crippen LogP contribution in [0.25, 0.3) is 0 Å². The highest BCUT2D eigenvalue weighted by molar-refractivity contribution is 5.85. The third kappa shape index (κ3) is 5.58. The topological polar surface area (TPSA) is 41.1 Å². The number of rotatable bonds is 6. The molecule has 0 bridgehead atoms. The van der Waals surface area contributed by atoms with E-state index in [9.17, 15) is 4.79 Å². The standard InChI is InChI=1S/C22H28N2O.ClH/c1-17(18-12-14-23-15-13-18)16-21(25)24-22(19-8-4-2-5-9-19)20-10-6-3-7-11-20;/h2-11,17-18,22-23H,12-16H2,1H3,(H,24,25);1H. The zero-order valence-electron chi connectivity index (χ0n) is 15.4. The van der Waals surface area contributed by atoms with Gasteiger partial charge in [-0.3, -0.25) is 4.79 Å². The molecular formula is C22H29ClN2O. The van der Waals surface area contributed by atoms with E-state index in [1.54, 1.807) is 0 Å². The Labute approximate surface area is 163 Å². The molecule has 1 fully saturated rings. The molecule has 3 nitrogen and oxygen atoms in total. The van der Waals surface area contributed by atoms with E-state index in [0.29, 0.717) is 18.3 Å². The van der Waals surface area contributed by atoms with Crippen molar-refractivity contribution < 1.29 is 4.79 Å². The van der Waals surface area contributed by atoms with Gasteiger partial charge >= 0.3 is 0 Å². The molecule has 2 N–H and O–H groups in total. The molecule has 0 aliphatic carbocycles. The molecule has 0 aromatic heterocycles. The first-order valence-electron chi connectivity index (χ1n) is 9.34. The zero-order chi connectivity index (χ0) is 17.5. The molecule has 2 aromatic carbocycles. The lowest BCUT2D eigenvalue weighted by Crippen LogP contribution is -2.35. The van der Waals surface area contributed by atoms with Gasteiger partial charge in [-0.1, -0.05) is 67.6 Å². The van der Waals surface area contributed by atoms with E-state index in [4.69, 9.17) is 0 Å². The summed E-state index contributed by atoms with van der Waals surface area (Å²) in [5, 5.41) is 6.66. The summed E-state index contributed by atoms with van der Waals surface area (Å²) in [4.78, 5) is 12.7. The van der Waals surface area contributed by atoms with Crippen LogP contribution in [0.5, 0.6) is 0 Å². The number of hydrogen-bond donors (Lipinski definition) is 2. The number of halogens is 1. The molecular weight excluding hydrogens is 344 g/mol. The number of carbonyl (C=O) groups is 1. The van der Waals surface area contributed by atoms with Gasteiger partial charge in [-0.25, -0.2) is 0 Å². The third-order valence-electron chi connectivity index (χ3n) is 5.27. The van der Waals surface area contributed by atoms with Gasteiger partial charge in [-0.05, 0) is 48.9 Å². The van der Waals surface area contributed by atoms with E-state index in [2.05, 4.69) is 41.8 Å². The van der Waals surface area contributed by atoms with Gasteiger partial charge in [0.25, 0.3) is 0 Å². The molecule has 2 aromatic rings. The summed E-state index contributed by atoms with van der Waals surface area (Å²) in [5.41, 5.74) is 2.24. The van der Waals surface area contributed by atoms with Crippen molar-refractivity contribution in [2.24, 2.45) is 11.8 Å². The summed E-state index contributed by atoms with van der Waals surface area (Å²) >= 11 is 0. The number of amides is 1. The highest BCUT2D eigenvalue weighted by atomic mass is 35.5. The molecule has 1 atom stereocenters. The Kier molecular flexibility index (Phi) is 8.14. The molecule has 1 aliphatic heterocycles. The van der Waals surface area contributed by atoms with Crippen LogP contribution in [0, 0.1) is 11.8 Å². The van der Waals surface area contributed by atoms with Gasteiger partial charge in [-0.15, -0.1) is 12.4 Å². The van der Waals surface area contributed by atoms with E-state index in [1.165, 1.54) is 12.8 Å². The van der Waals surface area contributed by atoms with Crippen molar-refractivity contribution in [3.05, 3.63) is 71.8 Å². The highest BCUT2D eigenvalue weighted by Crippen LogP contribution is 2.26. The normalized spacial score (nSPS) is 15.9. The highest BCUT2D eigenvalue weighted by Gasteiger charge is 2.23. The number of nitrogens with one attached hydrogen (secondary N) is 2. The SMILES string of the molecule is CC(CC(=O)NC(c1ccccc1)c1ccccc1)C1CCNCC1.Cl. The van der Waals surface area contributed by atoms with Crippen molar-refractivity contribution >= 4 is 18.3 Å². The smallest absolute Gasteiger partial charge is 0.221 e. The zero-order valence-corrected chi connectivity index (χ0v) is 16.2. The van der Waals surface area contributed by atoms with Gasteiger partial charge in [0.05, 0.1) is 6.04 Å². The van der Waals surface area contributed by atoms with Crippen molar-refractivity contribution in [2.75, 3.05) is 13.1 Å². The van der Waals surface area contributed by atoms with E-state index in [0.717, 1.165) is 24.2 Å². The van der Waals surface area contributed by atoms with Crippen molar-refractivity contribution in [1.82, 2.24) is 10.6 Å². The predicted molar refractivity (Wildman–Crippen MR) is 109 cm³/mol. The van der Waals surface area contributed by atoms with Crippen LogP contribution in [0.1, 0.15) is 43.4 Å². The first-order valence-corrected chi connectivity index (χ1v) is 9.34. The quantitative estimate of drug-likeness (QED) is 0.791. The third-order valence-corrected chi connectivity index (χ3v) is 5.27. The molecule has 26 heavy (non-hydrogen) atoms. The second-order valence-corrected chi connectivity index (χ2v) is 7.09. The Morgan fingerprint density at radius 1 is 1.00 bits per heavy atom. The fraction of sp³-hybridized carbons (Fsp3) is 0.409. The second-order valence-electron chi connectivity index (χ2n) is 7.09. The predicted octanol–water partition coefficient (Wildman–Crippen LogP) is 4.34. The molecule has 1 amide bonds. The number of hydrogen-bond acceptors (Lipinski definition) is 2. The van der Waals surface area contributed by atoms with Crippen LogP contribution in [0.15, 0.2) is 60.7 Å². The lowest BCUT2D eigenvalue weighted by atomic mass is 9.84. The van der Waals surface area contributed by atoms with Gasteiger partial charge < -0.3 is 10.6 Å². The maximum absolute atomic E-state index is 12.7. The Balaban J connectivity index is 0.00000243. The molecule has 1 heterocycles. The summed E-state index contributed by atoms with van der Waals surface area (Å²) < 4.78 is 0. The molecule has 1 aliphatic rings. The minimum Gasteiger partial charge on any atom is -0.345 e. The fourth-order valence-corrected chi connectivity index (χ4v) is 3.74. The molecule has 0 saturated carbocycles. The first kappa shape index (κ1) is 20.5. The summed E-state index contributed by atoms with van der Waals surface area (Å²) in [5.74, 6) is 1.22. The molecule has 0 radical (unpaired) electrons. The fourth-order valence-electron chi connectivity index (χ4n) is 3.74. The number of piperidine rings is 1. The molecule has 1 saturated heterocycles. The number of carbonyl (C=O) groups excluding carboxylic acids is 1. The molecule has 0 spiro atoms. The molecule has 140 valence electrons. The molecule has 4 heteroatoms. The van der Waals surface area contributed by atoms with Gasteiger partial charge in [-0.2, -0.15) is 0 Å². The van der Waals surface area contributed by atoms with E-state index in [1.807, 2.05) is 36.4 Å². The van der Waals surface area contributed by atoms with Crippen LogP contribution in [0.3, 0.4) is 0 Å². The Bertz CT molecular complexity index is 617. The summed E-state index contributed by atoms with van der Waals surface area (Å²) in [6, 6.07) is 20.3. The lowest BCUT2D eigenvalue weighted by molar-refractivity contribution is -0.122. The van der Waals surface area contributed by atoms with Gasteiger partial charge in [0.15, 0.2) is 0 Å². The van der Waals surface area contributed by atoms with Crippen LogP contribution in [-0.4, -0.2) is 19.0 Å². The van der Waals surface area contributed by atoms with Gasteiger partial charge in [0, 0.05) is 6.42 Å². The largest absolute Gasteiger partial charge is 0.345 e. The second kappa shape index (κ2) is 10.3. The van der Waals surface area contributed by atoms with Crippen LogP contribution in [0.2, 0.25) is 0 Å². The monoisotopic (exact) mass is 372 g/mol. The maximum atomic E-state index is 12.7. The number of benzene rings is 2. The Hall–Kier alpha value is -1.84. The molecule has 1 unspecified atom stereocenters. The minimum absolute atomic E-state index is 0. The van der Waals surface area contributed by atoms with Crippen LogP contribution < -0.4 is 10.6 Å². The molecule has 3 rings (SSSR count). The van der Waals surface area contributed by atoms with Crippen LogP contribution in [0.4, 0.5) is 0 Å². The van der Waals surface area contributed by atoms with Crippen LogP contribution >= 0.6 is 12.4 Å². The van der Waals surface area contributed by atoms with Crippen LogP contribution in [-0.2, 0) is 4.79 Å². The Morgan fingerprint density at radius 2 is 1.50 bits per heavy atom. The minimum atomic E-state index is -0.0878. The van der Waals surface area contributed by atoms with Gasteiger partial charge in [0.1, 0.15) is 0 Å². The Morgan fingerprint density at radius 3 is 2.00 bits per heavy atom. The first-order chi connectivity index (χ1) is 12.2. The van der Waals surface area contributed by atoms with Crippen molar-refractivity contribution in [3.8, 4) is 0 Å². The van der Waals surface area contributed by atoms with Crippen molar-refractivity contribution in [2.45, 2.75) is 32.2 Å². The average molecular weight is 373 g/mol. The summed E-state index contributed by atoms with van der Waals surface area (Å²) in [6.07, 6.45) is 2.95. The van der Waals surface area contributed by atoms with Crippen molar-refractivity contribution in [1.29, 1.82) is 0 Å². The van der Waals surface area contributed by atoms with E-state index in [-0.39, 0.29) is 24.4 Å². The van der Waals surface area contributed by atoms with E-state index < -0.39 is 0 Å². The lowest BCUT2D eigenvalue weighted by Gasteiger charge is -2.28. The maximum Gasteiger partial charge on any atom is 0.221 e. The van der Waals surface area contributed by atoms with Gasteiger partial charge in [0.2, 0.25) is 5.91 Å². The van der Waals surface area contributed by atoms with E-state index >= 15 is 0 Å². The van der Waals surface area contributed by atoms with Crippen molar-refractivity contribution in [3.63, 3.8) is 0 Å². The average Bonchev–Trinajstić information content (AvgIpc) is 2.68. The summed E-state index contributed by atoms with van der Waals surface area (Å²) in [7, 11) is 0.